The highest BCUT2D eigenvalue weighted by molar-refractivity contribution is 5.60. The van der Waals surface area contributed by atoms with Gasteiger partial charge >= 0.3 is 0 Å². The van der Waals surface area contributed by atoms with Crippen LogP contribution < -0.4 is 0 Å². The highest BCUT2D eigenvalue weighted by Crippen LogP contribution is 2.58. The summed E-state index contributed by atoms with van der Waals surface area (Å²) >= 11 is 0. The van der Waals surface area contributed by atoms with Gasteiger partial charge < -0.3 is 0 Å². The van der Waals surface area contributed by atoms with Crippen LogP contribution in [0.15, 0.2) is 42.6 Å². The summed E-state index contributed by atoms with van der Waals surface area (Å²) in [5.41, 5.74) is 6.31. The molecule has 1 aromatic heterocycles. The van der Waals surface area contributed by atoms with Crippen LogP contribution in [0.1, 0.15) is 90.2 Å². The maximum atomic E-state index is 4.87. The predicted molar refractivity (Wildman–Crippen MR) is 115 cm³/mol. The minimum absolute atomic E-state index is 0.352. The Morgan fingerprint density at radius 3 is 1.85 bits per heavy atom. The molecule has 0 spiro atoms. The lowest BCUT2D eigenvalue weighted by Gasteiger charge is -2.35. The van der Waals surface area contributed by atoms with E-state index in [2.05, 4.69) is 77.2 Å². The van der Waals surface area contributed by atoms with Gasteiger partial charge in [-0.3, -0.25) is 4.98 Å². The van der Waals surface area contributed by atoms with Crippen molar-refractivity contribution in [2.24, 2.45) is 10.8 Å². The molecule has 1 heteroatoms. The third-order valence-corrected chi connectivity index (χ3v) is 7.68. The van der Waals surface area contributed by atoms with Gasteiger partial charge in [0.25, 0.3) is 0 Å². The Balaban J connectivity index is 1.58. The zero-order valence-corrected chi connectivity index (χ0v) is 17.8. The van der Waals surface area contributed by atoms with Crippen LogP contribution in [0.4, 0.5) is 0 Å². The van der Waals surface area contributed by atoms with Crippen LogP contribution in [0.3, 0.4) is 0 Å². The second-order valence-corrected chi connectivity index (χ2v) is 10.7. The van der Waals surface area contributed by atoms with Crippen LogP contribution in [0.25, 0.3) is 11.3 Å². The molecule has 0 aliphatic heterocycles. The van der Waals surface area contributed by atoms with E-state index >= 15 is 0 Å². The molecule has 0 N–H and O–H groups in total. The standard InChI is InChI=1S/C26H35N/c1-24(2)16-17-25(3,4)23(24)20-10-13-22(27-18-20)19-8-11-21(12-9-19)26(5)14-6-7-15-26/h8-13,18,23H,6-7,14-17H2,1-5H3. The van der Waals surface area contributed by atoms with E-state index in [-0.39, 0.29) is 0 Å². The monoisotopic (exact) mass is 361 g/mol. The lowest BCUT2D eigenvalue weighted by Crippen LogP contribution is -2.25. The molecule has 2 aromatic rings. The minimum atomic E-state index is 0.352. The second kappa shape index (κ2) is 6.47. The van der Waals surface area contributed by atoms with Gasteiger partial charge in [-0.1, -0.05) is 77.8 Å². The summed E-state index contributed by atoms with van der Waals surface area (Å²) in [5, 5.41) is 0. The molecule has 0 atom stereocenters. The van der Waals surface area contributed by atoms with Gasteiger partial charge in [-0.05, 0) is 65.0 Å². The molecule has 27 heavy (non-hydrogen) atoms. The quantitative estimate of drug-likeness (QED) is 0.551. The number of aromatic nitrogens is 1. The molecule has 0 saturated heterocycles. The van der Waals surface area contributed by atoms with Crippen molar-refractivity contribution in [2.45, 2.75) is 84.5 Å². The highest BCUT2D eigenvalue weighted by atomic mass is 14.7. The summed E-state index contributed by atoms with van der Waals surface area (Å²) in [6.45, 7) is 12.1. The first-order valence-electron chi connectivity index (χ1n) is 10.8. The Labute approximate surface area is 165 Å². The van der Waals surface area contributed by atoms with Crippen LogP contribution in [0.5, 0.6) is 0 Å². The van der Waals surface area contributed by atoms with Gasteiger partial charge in [0.05, 0.1) is 5.69 Å². The van der Waals surface area contributed by atoms with Gasteiger partial charge in [0, 0.05) is 11.8 Å². The van der Waals surface area contributed by atoms with Crippen molar-refractivity contribution >= 4 is 0 Å². The van der Waals surface area contributed by atoms with Crippen molar-refractivity contribution < 1.29 is 0 Å². The summed E-state index contributed by atoms with van der Waals surface area (Å²) in [5.74, 6) is 0.580. The molecule has 0 radical (unpaired) electrons. The van der Waals surface area contributed by atoms with Crippen LogP contribution in [0.2, 0.25) is 0 Å². The first-order valence-corrected chi connectivity index (χ1v) is 10.8. The van der Waals surface area contributed by atoms with Crippen molar-refractivity contribution in [1.29, 1.82) is 0 Å². The molecular weight excluding hydrogens is 326 g/mol. The van der Waals surface area contributed by atoms with Crippen molar-refractivity contribution in [3.8, 4) is 11.3 Å². The minimum Gasteiger partial charge on any atom is -0.256 e. The number of benzene rings is 1. The van der Waals surface area contributed by atoms with Crippen LogP contribution in [0, 0.1) is 10.8 Å². The molecular formula is C26H35N. The Kier molecular flexibility index (Phi) is 4.48. The van der Waals surface area contributed by atoms with Crippen molar-refractivity contribution in [1.82, 2.24) is 4.98 Å². The topological polar surface area (TPSA) is 12.9 Å². The third-order valence-electron chi connectivity index (χ3n) is 7.68. The molecule has 144 valence electrons. The summed E-state index contributed by atoms with van der Waals surface area (Å²) in [6, 6.07) is 13.8. The maximum Gasteiger partial charge on any atom is 0.0702 e. The molecule has 2 saturated carbocycles. The van der Waals surface area contributed by atoms with Gasteiger partial charge in [0.2, 0.25) is 0 Å². The lowest BCUT2D eigenvalue weighted by molar-refractivity contribution is 0.239. The van der Waals surface area contributed by atoms with E-state index in [0.717, 1.165) is 5.69 Å². The van der Waals surface area contributed by atoms with E-state index in [0.29, 0.717) is 22.2 Å². The fourth-order valence-corrected chi connectivity index (χ4v) is 6.13. The first-order chi connectivity index (χ1) is 12.7. The molecule has 2 fully saturated rings. The molecule has 2 aliphatic rings. The van der Waals surface area contributed by atoms with Crippen LogP contribution in [-0.4, -0.2) is 4.98 Å². The summed E-state index contributed by atoms with van der Waals surface area (Å²) in [6.07, 6.45) is 10.1. The van der Waals surface area contributed by atoms with Crippen LogP contribution >= 0.6 is 0 Å². The largest absolute Gasteiger partial charge is 0.256 e. The molecule has 0 bridgehead atoms. The Morgan fingerprint density at radius 1 is 0.741 bits per heavy atom. The third kappa shape index (κ3) is 3.35. The zero-order chi connectivity index (χ0) is 19.3. The lowest BCUT2D eigenvalue weighted by atomic mass is 9.69. The van der Waals surface area contributed by atoms with E-state index in [1.807, 2.05) is 0 Å². The Bertz CT molecular complexity index is 773. The highest BCUT2D eigenvalue weighted by Gasteiger charge is 2.47. The predicted octanol–water partition coefficient (Wildman–Crippen LogP) is 7.51. The fraction of sp³-hybridized carbons (Fsp3) is 0.577. The van der Waals surface area contributed by atoms with E-state index in [1.54, 1.807) is 0 Å². The molecule has 0 amide bonds. The summed E-state index contributed by atoms with van der Waals surface area (Å²) < 4.78 is 0. The number of hydrogen-bond acceptors (Lipinski definition) is 1. The normalized spacial score (nSPS) is 23.6. The van der Waals surface area contributed by atoms with E-state index in [4.69, 9.17) is 4.98 Å². The molecule has 1 aromatic carbocycles. The molecule has 0 unspecified atom stereocenters. The summed E-state index contributed by atoms with van der Waals surface area (Å²) in [4.78, 5) is 4.87. The van der Waals surface area contributed by atoms with E-state index < -0.39 is 0 Å². The zero-order valence-electron chi connectivity index (χ0n) is 17.8. The van der Waals surface area contributed by atoms with Crippen molar-refractivity contribution in [3.05, 3.63) is 53.7 Å². The van der Waals surface area contributed by atoms with Crippen molar-refractivity contribution in [2.75, 3.05) is 0 Å². The smallest absolute Gasteiger partial charge is 0.0702 e. The van der Waals surface area contributed by atoms with Gasteiger partial charge in [-0.15, -0.1) is 0 Å². The van der Waals surface area contributed by atoms with Gasteiger partial charge in [0.1, 0.15) is 0 Å². The first kappa shape index (κ1) is 18.7. The average molecular weight is 362 g/mol. The molecule has 4 rings (SSSR count). The molecule has 1 heterocycles. The Hall–Kier alpha value is -1.63. The number of rotatable bonds is 3. The van der Waals surface area contributed by atoms with Gasteiger partial charge in [-0.25, -0.2) is 0 Å². The number of pyridine rings is 1. The molecule has 2 aliphatic carbocycles. The molecule has 1 nitrogen and oxygen atoms in total. The van der Waals surface area contributed by atoms with Gasteiger partial charge in [0.15, 0.2) is 0 Å². The summed E-state index contributed by atoms with van der Waals surface area (Å²) in [7, 11) is 0. The fourth-order valence-electron chi connectivity index (χ4n) is 6.13. The number of nitrogens with zero attached hydrogens (tertiary/aromatic N) is 1. The second-order valence-electron chi connectivity index (χ2n) is 10.7. The maximum absolute atomic E-state index is 4.87. The SMILES string of the molecule is CC1(c2ccc(-c3ccc(C4C(C)(C)CCC4(C)C)cn3)cc2)CCCC1. The van der Waals surface area contributed by atoms with E-state index in [1.165, 1.54) is 55.2 Å². The van der Waals surface area contributed by atoms with Crippen LogP contribution in [-0.2, 0) is 5.41 Å². The Morgan fingerprint density at radius 2 is 1.33 bits per heavy atom. The number of hydrogen-bond donors (Lipinski definition) is 0. The van der Waals surface area contributed by atoms with Crippen molar-refractivity contribution in [3.63, 3.8) is 0 Å². The average Bonchev–Trinajstić information content (AvgIpc) is 3.17. The van der Waals surface area contributed by atoms with Gasteiger partial charge in [-0.2, -0.15) is 0 Å². The van der Waals surface area contributed by atoms with E-state index in [9.17, 15) is 0 Å².